The van der Waals surface area contributed by atoms with Crippen LogP contribution in [-0.4, -0.2) is 14.8 Å². The summed E-state index contributed by atoms with van der Waals surface area (Å²) in [5.74, 6) is 1.07. The maximum absolute atomic E-state index is 13.4. The summed E-state index contributed by atoms with van der Waals surface area (Å²) in [7, 11) is 0. The average molecular weight is 400 g/mol. The molecule has 0 spiro atoms. The van der Waals surface area contributed by atoms with Gasteiger partial charge >= 0.3 is 0 Å². The summed E-state index contributed by atoms with van der Waals surface area (Å²) >= 11 is 1.57. The Morgan fingerprint density at radius 2 is 1.76 bits per heavy atom. The van der Waals surface area contributed by atoms with Crippen LogP contribution in [0.15, 0.2) is 78.0 Å². The van der Waals surface area contributed by atoms with Crippen molar-refractivity contribution in [2.75, 3.05) is 0 Å². The normalized spacial score (nSPS) is 10.7. The monoisotopic (exact) mass is 400 g/mol. The van der Waals surface area contributed by atoms with Crippen LogP contribution in [0.2, 0.25) is 0 Å². The molecule has 1 heterocycles. The number of nitrogens with zero attached hydrogens (tertiary/aromatic N) is 4. The number of halogens is 1. The first-order chi connectivity index (χ1) is 14.1. The number of nitriles is 1. The molecule has 0 radical (unpaired) electrons. The first kappa shape index (κ1) is 18.9. The van der Waals surface area contributed by atoms with Gasteiger partial charge in [-0.3, -0.25) is 4.57 Å². The molecule has 0 fully saturated rings. The van der Waals surface area contributed by atoms with E-state index in [0.717, 1.165) is 27.5 Å². The van der Waals surface area contributed by atoms with E-state index in [2.05, 4.69) is 22.3 Å². The molecule has 0 amide bonds. The van der Waals surface area contributed by atoms with Gasteiger partial charge < -0.3 is 0 Å². The summed E-state index contributed by atoms with van der Waals surface area (Å²) in [5.41, 5.74) is 4.61. The van der Waals surface area contributed by atoms with E-state index in [1.807, 2.05) is 54.0 Å². The van der Waals surface area contributed by atoms with Crippen LogP contribution in [0, 0.1) is 24.1 Å². The van der Waals surface area contributed by atoms with Gasteiger partial charge in [0.05, 0.1) is 11.6 Å². The Hall–Kier alpha value is -3.43. The van der Waals surface area contributed by atoms with Crippen LogP contribution >= 0.6 is 11.8 Å². The molecule has 4 rings (SSSR count). The first-order valence-corrected chi connectivity index (χ1v) is 10.0. The van der Waals surface area contributed by atoms with Crippen molar-refractivity contribution in [1.82, 2.24) is 14.8 Å². The summed E-state index contributed by atoms with van der Waals surface area (Å²) in [6.45, 7) is 2.04. The predicted molar refractivity (Wildman–Crippen MR) is 112 cm³/mol. The molecule has 6 heteroatoms. The molecule has 4 nitrogen and oxygen atoms in total. The molecule has 29 heavy (non-hydrogen) atoms. The van der Waals surface area contributed by atoms with Gasteiger partial charge in [-0.25, -0.2) is 4.39 Å². The van der Waals surface area contributed by atoms with E-state index < -0.39 is 0 Å². The molecule has 1 aromatic heterocycles. The van der Waals surface area contributed by atoms with Crippen LogP contribution in [0.3, 0.4) is 0 Å². The second-order valence-corrected chi connectivity index (χ2v) is 7.53. The molecular formula is C23H17FN4S. The number of aromatic nitrogens is 3. The SMILES string of the molecule is Cc1cccc(-n2c(SCc3ccc(C#N)cc3)nnc2-c2ccc(F)cc2)c1. The summed E-state index contributed by atoms with van der Waals surface area (Å²) in [5, 5.41) is 18.5. The smallest absolute Gasteiger partial charge is 0.196 e. The molecule has 4 aromatic rings. The van der Waals surface area contributed by atoms with Crippen molar-refractivity contribution >= 4 is 11.8 Å². The molecule has 0 saturated heterocycles. The van der Waals surface area contributed by atoms with Crippen LogP contribution in [0.25, 0.3) is 17.1 Å². The summed E-state index contributed by atoms with van der Waals surface area (Å²) < 4.78 is 15.4. The Morgan fingerprint density at radius 1 is 1.00 bits per heavy atom. The molecule has 3 aromatic carbocycles. The van der Waals surface area contributed by atoms with Crippen LogP contribution in [0.1, 0.15) is 16.7 Å². The molecule has 0 aliphatic heterocycles. The minimum Gasteiger partial charge on any atom is -0.270 e. The van der Waals surface area contributed by atoms with E-state index in [0.29, 0.717) is 17.1 Å². The number of rotatable bonds is 5. The second kappa shape index (κ2) is 8.29. The van der Waals surface area contributed by atoms with E-state index in [9.17, 15) is 4.39 Å². The third-order valence-electron chi connectivity index (χ3n) is 4.45. The number of aryl methyl sites for hydroxylation is 1. The second-order valence-electron chi connectivity index (χ2n) is 6.58. The molecule has 0 bridgehead atoms. The molecule has 0 aliphatic rings. The van der Waals surface area contributed by atoms with Gasteiger partial charge in [0, 0.05) is 17.0 Å². The summed E-state index contributed by atoms with van der Waals surface area (Å²) in [4.78, 5) is 0. The van der Waals surface area contributed by atoms with Gasteiger partial charge in [0.15, 0.2) is 11.0 Å². The lowest BCUT2D eigenvalue weighted by molar-refractivity contribution is 0.628. The molecule has 142 valence electrons. The van der Waals surface area contributed by atoms with E-state index in [1.54, 1.807) is 23.9 Å². The van der Waals surface area contributed by atoms with Gasteiger partial charge in [0.1, 0.15) is 5.82 Å². The molecule has 0 aliphatic carbocycles. The van der Waals surface area contributed by atoms with Gasteiger partial charge in [-0.1, -0.05) is 36.0 Å². The third kappa shape index (κ3) is 4.20. The Morgan fingerprint density at radius 3 is 2.45 bits per heavy atom. The highest BCUT2D eigenvalue weighted by Gasteiger charge is 2.16. The Labute approximate surface area is 172 Å². The quantitative estimate of drug-likeness (QED) is 0.412. The number of hydrogen-bond donors (Lipinski definition) is 0. The Kier molecular flexibility index (Phi) is 5.41. The van der Waals surface area contributed by atoms with E-state index in [-0.39, 0.29) is 5.82 Å². The number of thioether (sulfide) groups is 1. The largest absolute Gasteiger partial charge is 0.270 e. The minimum atomic E-state index is -0.286. The lowest BCUT2D eigenvalue weighted by Crippen LogP contribution is -2.00. The fraction of sp³-hybridized carbons (Fsp3) is 0.0870. The van der Waals surface area contributed by atoms with Crippen molar-refractivity contribution in [3.05, 3.63) is 95.3 Å². The minimum absolute atomic E-state index is 0.286. The molecular weight excluding hydrogens is 383 g/mol. The molecule has 0 atom stereocenters. The van der Waals surface area contributed by atoms with Crippen molar-refractivity contribution in [3.8, 4) is 23.1 Å². The van der Waals surface area contributed by atoms with Crippen molar-refractivity contribution in [3.63, 3.8) is 0 Å². The fourth-order valence-electron chi connectivity index (χ4n) is 2.97. The maximum atomic E-state index is 13.4. The van der Waals surface area contributed by atoms with E-state index >= 15 is 0 Å². The fourth-order valence-corrected chi connectivity index (χ4v) is 3.88. The van der Waals surface area contributed by atoms with Crippen LogP contribution in [0.5, 0.6) is 0 Å². The predicted octanol–water partition coefficient (Wildman–Crippen LogP) is 5.55. The zero-order valence-corrected chi connectivity index (χ0v) is 16.5. The topological polar surface area (TPSA) is 54.5 Å². The maximum Gasteiger partial charge on any atom is 0.196 e. The highest BCUT2D eigenvalue weighted by atomic mass is 32.2. The van der Waals surface area contributed by atoms with Crippen LogP contribution < -0.4 is 0 Å². The van der Waals surface area contributed by atoms with Crippen LogP contribution in [-0.2, 0) is 5.75 Å². The Bertz CT molecular complexity index is 1170. The number of hydrogen-bond acceptors (Lipinski definition) is 4. The van der Waals surface area contributed by atoms with Crippen molar-refractivity contribution in [2.45, 2.75) is 17.8 Å². The third-order valence-corrected chi connectivity index (χ3v) is 5.45. The van der Waals surface area contributed by atoms with Gasteiger partial charge in [-0.2, -0.15) is 5.26 Å². The van der Waals surface area contributed by atoms with Gasteiger partial charge in [0.25, 0.3) is 0 Å². The molecule has 0 unspecified atom stereocenters. The number of benzene rings is 3. The highest BCUT2D eigenvalue weighted by Crippen LogP contribution is 2.30. The van der Waals surface area contributed by atoms with E-state index in [4.69, 9.17) is 5.26 Å². The lowest BCUT2D eigenvalue weighted by Gasteiger charge is -2.11. The highest BCUT2D eigenvalue weighted by molar-refractivity contribution is 7.98. The first-order valence-electron chi connectivity index (χ1n) is 9.04. The molecule has 0 saturated carbocycles. The van der Waals surface area contributed by atoms with Gasteiger partial charge in [0.2, 0.25) is 0 Å². The average Bonchev–Trinajstić information content (AvgIpc) is 3.17. The standard InChI is InChI=1S/C23H17FN4S/c1-16-3-2-4-21(13-16)28-22(19-9-11-20(24)12-10-19)26-27-23(28)29-15-18-7-5-17(14-25)6-8-18/h2-13H,15H2,1H3. The van der Waals surface area contributed by atoms with Crippen molar-refractivity contribution in [2.24, 2.45) is 0 Å². The summed E-state index contributed by atoms with van der Waals surface area (Å²) in [6, 6.07) is 24.0. The van der Waals surface area contributed by atoms with Crippen LogP contribution in [0.4, 0.5) is 4.39 Å². The van der Waals surface area contributed by atoms with Crippen molar-refractivity contribution in [1.29, 1.82) is 5.26 Å². The van der Waals surface area contributed by atoms with Crippen molar-refractivity contribution < 1.29 is 4.39 Å². The van der Waals surface area contributed by atoms with E-state index in [1.165, 1.54) is 12.1 Å². The summed E-state index contributed by atoms with van der Waals surface area (Å²) in [6.07, 6.45) is 0. The molecule has 0 N–H and O–H groups in total. The Balaban J connectivity index is 1.71. The lowest BCUT2D eigenvalue weighted by atomic mass is 10.2. The van der Waals surface area contributed by atoms with Gasteiger partial charge in [-0.05, 0) is 66.6 Å². The van der Waals surface area contributed by atoms with Gasteiger partial charge in [-0.15, -0.1) is 10.2 Å². The zero-order valence-electron chi connectivity index (χ0n) is 15.7. The zero-order chi connectivity index (χ0) is 20.2.